The summed E-state index contributed by atoms with van der Waals surface area (Å²) in [6, 6.07) is 0. The molecule has 1 heteroatoms. The quantitative estimate of drug-likeness (QED) is 0.583. The second kappa shape index (κ2) is 5.83. The van der Waals surface area contributed by atoms with Gasteiger partial charge in [-0.1, -0.05) is 0 Å². The van der Waals surface area contributed by atoms with Gasteiger partial charge in [0.25, 0.3) is 0 Å². The minimum absolute atomic E-state index is 1.17. The average molecular weight is 400 g/mol. The van der Waals surface area contributed by atoms with E-state index in [1.807, 2.05) is 0 Å². The Morgan fingerprint density at radius 2 is 0.762 bits per heavy atom. The van der Waals surface area contributed by atoms with Gasteiger partial charge in [0.15, 0.2) is 0 Å². The van der Waals surface area contributed by atoms with E-state index < -0.39 is 33.4 Å². The molecule has 4 aliphatic carbocycles. The first-order valence-corrected chi connectivity index (χ1v) is 14.1. The van der Waals surface area contributed by atoms with E-state index in [1.165, 1.54) is 25.7 Å². The van der Waals surface area contributed by atoms with E-state index >= 15 is 0 Å². The fourth-order valence-corrected chi connectivity index (χ4v) is 21.6. The number of hydrogen-bond donors (Lipinski definition) is 0. The molecule has 0 heterocycles. The molecule has 0 aliphatic heterocycles. The molecule has 21 heavy (non-hydrogen) atoms. The standard InChI is InChI=1S/4C5H5.Ce/c4*1-2-4-5-3-1;/h4*1-3H,4H2;. The van der Waals surface area contributed by atoms with Crippen LogP contribution in [0.4, 0.5) is 0 Å². The molecule has 0 bridgehead atoms. The van der Waals surface area contributed by atoms with E-state index in [9.17, 15) is 0 Å². The maximum atomic E-state index is 2.44. The topological polar surface area (TPSA) is 0 Å². The first-order valence-electron chi connectivity index (χ1n) is 7.87. The Kier molecular flexibility index (Phi) is 3.86. The zero-order valence-electron chi connectivity index (χ0n) is 12.3. The summed E-state index contributed by atoms with van der Waals surface area (Å²) < 4.78 is 7.06. The molecule has 0 saturated heterocycles. The third-order valence-corrected chi connectivity index (χ3v) is 21.8. The Bertz CT molecular complexity index is 577. The average Bonchev–Trinajstić information content (AvgIpc) is 3.32. The Morgan fingerprint density at radius 1 is 0.476 bits per heavy atom. The van der Waals surface area contributed by atoms with Crippen molar-refractivity contribution in [3.63, 3.8) is 0 Å². The SMILES string of the molecule is C1=CC[C]([Ce]([C]2=CC=CC2)([C]2=CC=CC2)[C]2=CC=CC2)=C1. The Balaban J connectivity index is 1.90. The number of hydrogen-bond acceptors (Lipinski definition) is 0. The van der Waals surface area contributed by atoms with E-state index in [2.05, 4.69) is 72.9 Å². The molecule has 4 rings (SSSR count). The minimum atomic E-state index is -3.00. The summed E-state index contributed by atoms with van der Waals surface area (Å²) in [5.41, 5.74) is 0. The molecular formula is C20H20Ce. The van der Waals surface area contributed by atoms with Gasteiger partial charge in [-0.05, 0) is 0 Å². The number of rotatable bonds is 4. The summed E-state index contributed by atoms with van der Waals surface area (Å²) in [6.45, 7) is 0. The normalized spacial score (nSPS) is 22.9. The van der Waals surface area contributed by atoms with E-state index in [4.69, 9.17) is 0 Å². The summed E-state index contributed by atoms with van der Waals surface area (Å²) in [5, 5.41) is 0. The van der Waals surface area contributed by atoms with Crippen molar-refractivity contribution >= 4 is 0 Å². The Hall–Kier alpha value is -0.703. The van der Waals surface area contributed by atoms with Crippen LogP contribution in [0, 0.1) is 33.4 Å². The van der Waals surface area contributed by atoms with Gasteiger partial charge in [-0.25, -0.2) is 0 Å². The molecule has 4 aliphatic rings. The molecule has 0 N–H and O–H groups in total. The van der Waals surface area contributed by atoms with Crippen LogP contribution in [0.2, 0.25) is 0 Å². The van der Waals surface area contributed by atoms with Crippen LogP contribution in [0.3, 0.4) is 0 Å². The molecule has 0 aromatic rings. The van der Waals surface area contributed by atoms with Gasteiger partial charge in [0, 0.05) is 0 Å². The molecule has 0 aromatic carbocycles. The van der Waals surface area contributed by atoms with Crippen LogP contribution < -0.4 is 0 Å². The maximum absolute atomic E-state index is 3.00. The van der Waals surface area contributed by atoms with Gasteiger partial charge in [0.05, 0.1) is 0 Å². The van der Waals surface area contributed by atoms with E-state index in [-0.39, 0.29) is 0 Å². The fourth-order valence-electron chi connectivity index (χ4n) is 4.14. The summed E-state index contributed by atoms with van der Waals surface area (Å²) in [6.07, 6.45) is 33.0. The summed E-state index contributed by atoms with van der Waals surface area (Å²) in [7, 11) is 0. The number of allylic oxidation sites excluding steroid dienone is 16. The molecule has 0 atom stereocenters. The van der Waals surface area contributed by atoms with Crippen molar-refractivity contribution in [3.05, 3.63) is 77.3 Å². The zero-order valence-corrected chi connectivity index (χ0v) is 15.4. The van der Waals surface area contributed by atoms with Gasteiger partial charge in [-0.2, -0.15) is 0 Å². The van der Waals surface area contributed by atoms with Crippen LogP contribution in [-0.2, 0) is 0 Å². The van der Waals surface area contributed by atoms with Crippen LogP contribution in [-0.4, -0.2) is 0 Å². The van der Waals surface area contributed by atoms with Crippen LogP contribution in [0.15, 0.2) is 77.3 Å². The third kappa shape index (κ3) is 2.19. The molecule has 0 saturated carbocycles. The van der Waals surface area contributed by atoms with Crippen LogP contribution >= 0.6 is 0 Å². The van der Waals surface area contributed by atoms with Crippen molar-refractivity contribution in [3.8, 4) is 0 Å². The molecule has 0 nitrogen and oxygen atoms in total. The third-order valence-electron chi connectivity index (χ3n) is 5.01. The van der Waals surface area contributed by atoms with Gasteiger partial charge >= 0.3 is 136 Å². The van der Waals surface area contributed by atoms with Crippen molar-refractivity contribution in [1.29, 1.82) is 0 Å². The Morgan fingerprint density at radius 3 is 0.952 bits per heavy atom. The summed E-state index contributed by atoms with van der Waals surface area (Å²) in [5.74, 6) is 0. The molecule has 0 fully saturated rings. The van der Waals surface area contributed by atoms with E-state index in [0.29, 0.717) is 0 Å². The monoisotopic (exact) mass is 400 g/mol. The van der Waals surface area contributed by atoms with E-state index in [1.54, 1.807) is 4.36 Å². The Labute approximate surface area is 135 Å². The van der Waals surface area contributed by atoms with Crippen molar-refractivity contribution in [1.82, 2.24) is 0 Å². The van der Waals surface area contributed by atoms with Gasteiger partial charge in [0.1, 0.15) is 0 Å². The van der Waals surface area contributed by atoms with Crippen molar-refractivity contribution in [2.75, 3.05) is 0 Å². The second-order valence-electron chi connectivity index (χ2n) is 6.05. The van der Waals surface area contributed by atoms with Crippen molar-refractivity contribution < 1.29 is 33.4 Å². The summed E-state index contributed by atoms with van der Waals surface area (Å²) >= 11 is -3.00. The first-order chi connectivity index (χ1) is 10.4. The molecule has 0 amide bonds. The molecule has 0 aromatic heterocycles. The van der Waals surface area contributed by atoms with Crippen LogP contribution in [0.5, 0.6) is 0 Å². The predicted octanol–water partition coefficient (Wildman–Crippen LogP) is 5.52. The van der Waals surface area contributed by atoms with Crippen molar-refractivity contribution in [2.24, 2.45) is 0 Å². The molecule has 0 radical (unpaired) electrons. The fraction of sp³-hybridized carbons (Fsp3) is 0.200. The zero-order chi connectivity index (χ0) is 14.1. The summed E-state index contributed by atoms with van der Waals surface area (Å²) in [4.78, 5) is 0. The molecule has 0 spiro atoms. The van der Waals surface area contributed by atoms with Crippen LogP contribution in [0.25, 0.3) is 0 Å². The molecule has 104 valence electrons. The van der Waals surface area contributed by atoms with Crippen LogP contribution in [0.1, 0.15) is 25.7 Å². The molecular weight excluding hydrogens is 380 g/mol. The van der Waals surface area contributed by atoms with Gasteiger partial charge in [-0.15, -0.1) is 0 Å². The predicted molar refractivity (Wildman–Crippen MR) is 87.4 cm³/mol. The van der Waals surface area contributed by atoms with E-state index in [0.717, 1.165) is 0 Å². The molecule has 0 unspecified atom stereocenters. The van der Waals surface area contributed by atoms with Gasteiger partial charge in [-0.3, -0.25) is 0 Å². The van der Waals surface area contributed by atoms with Gasteiger partial charge in [0.2, 0.25) is 0 Å². The van der Waals surface area contributed by atoms with Gasteiger partial charge < -0.3 is 0 Å². The van der Waals surface area contributed by atoms with Crippen molar-refractivity contribution in [2.45, 2.75) is 25.7 Å². The first kappa shape index (κ1) is 13.9. The second-order valence-corrected chi connectivity index (χ2v) is 18.8.